The number of nitrogens with zero attached hydrogens (tertiary/aromatic N) is 1. The summed E-state index contributed by atoms with van der Waals surface area (Å²) in [6, 6.07) is 11.5. The second-order valence-electron chi connectivity index (χ2n) is 5.52. The molecule has 9 heteroatoms. The molecule has 1 aliphatic heterocycles. The summed E-state index contributed by atoms with van der Waals surface area (Å²) >= 11 is 12.4. The minimum absolute atomic E-state index is 0.0233. The van der Waals surface area contributed by atoms with Gasteiger partial charge in [-0.2, -0.15) is 0 Å². The van der Waals surface area contributed by atoms with Crippen molar-refractivity contribution in [2.75, 3.05) is 11.9 Å². The van der Waals surface area contributed by atoms with Crippen LogP contribution in [0, 0.1) is 0 Å². The Kier molecular flexibility index (Phi) is 5.74. The van der Waals surface area contributed by atoms with Gasteiger partial charge >= 0.3 is 0 Å². The fourth-order valence-corrected chi connectivity index (χ4v) is 3.66. The van der Waals surface area contributed by atoms with Crippen LogP contribution >= 0.6 is 35.0 Å². The Hall–Kier alpha value is -2.48. The predicted molar refractivity (Wildman–Crippen MR) is 106 cm³/mol. The number of para-hydroxylation sites is 1. The minimum Gasteiger partial charge on any atom is -0.505 e. The van der Waals surface area contributed by atoms with Crippen molar-refractivity contribution in [3.8, 4) is 5.75 Å². The van der Waals surface area contributed by atoms with Crippen molar-refractivity contribution in [3.05, 3.63) is 63.0 Å². The van der Waals surface area contributed by atoms with E-state index in [1.54, 1.807) is 30.3 Å². The number of carbonyl (C=O) groups is 3. The highest BCUT2D eigenvalue weighted by atomic mass is 35.5. The number of halogens is 2. The smallest absolute Gasteiger partial charge is 0.294 e. The molecule has 27 heavy (non-hydrogen) atoms. The van der Waals surface area contributed by atoms with Crippen molar-refractivity contribution >= 4 is 63.8 Å². The van der Waals surface area contributed by atoms with Gasteiger partial charge in [0.2, 0.25) is 5.91 Å². The number of carbonyl (C=O) groups excluding carboxylic acids is 3. The monoisotopic (exact) mass is 422 g/mol. The molecule has 0 radical (unpaired) electrons. The first kappa shape index (κ1) is 19.3. The van der Waals surface area contributed by atoms with Gasteiger partial charge in [0, 0.05) is 5.69 Å². The lowest BCUT2D eigenvalue weighted by atomic mass is 10.2. The van der Waals surface area contributed by atoms with Crippen LogP contribution in [0.4, 0.5) is 10.5 Å². The van der Waals surface area contributed by atoms with E-state index in [-0.39, 0.29) is 20.7 Å². The van der Waals surface area contributed by atoms with Crippen molar-refractivity contribution < 1.29 is 19.5 Å². The van der Waals surface area contributed by atoms with Gasteiger partial charge in [-0.3, -0.25) is 19.3 Å². The van der Waals surface area contributed by atoms with E-state index in [0.717, 1.165) is 4.90 Å². The Morgan fingerprint density at radius 1 is 1.15 bits per heavy atom. The molecule has 138 valence electrons. The summed E-state index contributed by atoms with van der Waals surface area (Å²) < 4.78 is 0. The Bertz CT molecular complexity index is 940. The molecule has 0 atom stereocenters. The first-order valence-corrected chi connectivity index (χ1v) is 9.20. The zero-order valence-electron chi connectivity index (χ0n) is 13.6. The Morgan fingerprint density at radius 3 is 2.41 bits per heavy atom. The van der Waals surface area contributed by atoms with Crippen LogP contribution in [0.2, 0.25) is 10.0 Å². The summed E-state index contributed by atoms with van der Waals surface area (Å²) in [5.41, 5.74) is 1.01. The van der Waals surface area contributed by atoms with E-state index in [1.807, 2.05) is 0 Å². The lowest BCUT2D eigenvalue weighted by molar-refractivity contribution is -0.127. The molecule has 3 rings (SSSR count). The lowest BCUT2D eigenvalue weighted by Crippen LogP contribution is -2.36. The van der Waals surface area contributed by atoms with Gasteiger partial charge in [0.1, 0.15) is 6.54 Å². The molecule has 0 aromatic heterocycles. The molecule has 2 aromatic rings. The molecule has 2 N–H and O–H groups in total. The van der Waals surface area contributed by atoms with E-state index in [1.165, 1.54) is 18.2 Å². The SMILES string of the molecule is O=C(CN1C(=O)SC(=Cc2cc(Cl)c(O)c(Cl)c2)C1=O)Nc1ccccc1. The summed E-state index contributed by atoms with van der Waals surface area (Å²) in [6.45, 7) is -0.395. The molecule has 3 amide bonds. The molecule has 0 aliphatic carbocycles. The molecule has 1 fully saturated rings. The number of hydrogen-bond donors (Lipinski definition) is 2. The first-order valence-electron chi connectivity index (χ1n) is 7.63. The van der Waals surface area contributed by atoms with Crippen LogP contribution in [-0.2, 0) is 9.59 Å². The molecule has 0 bridgehead atoms. The number of nitrogens with one attached hydrogen (secondary N) is 1. The van der Waals surface area contributed by atoms with Crippen molar-refractivity contribution in [1.29, 1.82) is 0 Å². The number of rotatable bonds is 4. The minimum atomic E-state index is -0.589. The topological polar surface area (TPSA) is 86.7 Å². The number of thioether (sulfide) groups is 1. The highest BCUT2D eigenvalue weighted by Gasteiger charge is 2.36. The molecule has 2 aromatic carbocycles. The number of imide groups is 1. The number of phenols is 1. The molecule has 0 saturated carbocycles. The first-order chi connectivity index (χ1) is 12.8. The summed E-state index contributed by atoms with van der Waals surface area (Å²) in [5.74, 6) is -1.34. The fourth-order valence-electron chi connectivity index (χ4n) is 2.32. The molecular weight excluding hydrogens is 411 g/mol. The number of hydrogen-bond acceptors (Lipinski definition) is 5. The number of phenolic OH excluding ortho intramolecular Hbond substituents is 1. The zero-order chi connectivity index (χ0) is 19.6. The van der Waals surface area contributed by atoms with Gasteiger partial charge in [0.25, 0.3) is 11.1 Å². The predicted octanol–water partition coefficient (Wildman–Crippen LogP) is 4.37. The molecule has 0 spiro atoms. The number of anilines is 1. The number of aromatic hydroxyl groups is 1. The highest BCUT2D eigenvalue weighted by Crippen LogP contribution is 2.36. The van der Waals surface area contributed by atoms with E-state index in [9.17, 15) is 19.5 Å². The average molecular weight is 423 g/mol. The van der Waals surface area contributed by atoms with Gasteiger partial charge in [0.05, 0.1) is 15.0 Å². The van der Waals surface area contributed by atoms with Crippen LogP contribution in [0.1, 0.15) is 5.56 Å². The van der Waals surface area contributed by atoms with Crippen molar-refractivity contribution in [3.63, 3.8) is 0 Å². The third-order valence-electron chi connectivity index (χ3n) is 3.57. The van der Waals surface area contributed by atoms with Gasteiger partial charge in [-0.1, -0.05) is 41.4 Å². The summed E-state index contributed by atoms with van der Waals surface area (Å²) in [5, 5.41) is 11.7. The largest absolute Gasteiger partial charge is 0.505 e. The van der Waals surface area contributed by atoms with Gasteiger partial charge in [-0.25, -0.2) is 0 Å². The molecule has 1 saturated heterocycles. The van der Waals surface area contributed by atoms with E-state index in [4.69, 9.17) is 23.2 Å². The van der Waals surface area contributed by atoms with Crippen LogP contribution in [0.15, 0.2) is 47.4 Å². The quantitative estimate of drug-likeness (QED) is 0.714. The van der Waals surface area contributed by atoms with E-state index >= 15 is 0 Å². The summed E-state index contributed by atoms with van der Waals surface area (Å²) in [6.07, 6.45) is 1.43. The third kappa shape index (κ3) is 4.44. The standard InChI is InChI=1S/C18H12Cl2N2O4S/c19-12-6-10(7-13(20)16(12)24)8-14-17(25)22(18(26)27-14)9-15(23)21-11-4-2-1-3-5-11/h1-8,24H,9H2,(H,21,23). The maximum absolute atomic E-state index is 12.5. The molecular formula is C18H12Cl2N2O4S. The van der Waals surface area contributed by atoms with Gasteiger partial charge in [0.15, 0.2) is 5.75 Å². The summed E-state index contributed by atoms with van der Waals surface area (Å²) in [4.78, 5) is 37.7. The molecule has 1 aliphatic rings. The fraction of sp³-hybridized carbons (Fsp3) is 0.0556. The van der Waals surface area contributed by atoms with Gasteiger partial charge < -0.3 is 10.4 Å². The van der Waals surface area contributed by atoms with E-state index in [0.29, 0.717) is 23.0 Å². The van der Waals surface area contributed by atoms with Crippen LogP contribution < -0.4 is 5.32 Å². The van der Waals surface area contributed by atoms with Gasteiger partial charge in [-0.15, -0.1) is 0 Å². The van der Waals surface area contributed by atoms with Crippen LogP contribution in [0.25, 0.3) is 6.08 Å². The van der Waals surface area contributed by atoms with E-state index in [2.05, 4.69) is 5.32 Å². The average Bonchev–Trinajstić information content (AvgIpc) is 2.88. The Balaban J connectivity index is 1.74. The summed E-state index contributed by atoms with van der Waals surface area (Å²) in [7, 11) is 0. The van der Waals surface area contributed by atoms with Crippen molar-refractivity contribution in [2.45, 2.75) is 0 Å². The van der Waals surface area contributed by atoms with Crippen LogP contribution in [0.3, 0.4) is 0 Å². The number of amides is 3. The maximum Gasteiger partial charge on any atom is 0.294 e. The molecule has 0 unspecified atom stereocenters. The molecule has 1 heterocycles. The second kappa shape index (κ2) is 8.04. The Morgan fingerprint density at radius 2 is 1.78 bits per heavy atom. The highest BCUT2D eigenvalue weighted by molar-refractivity contribution is 8.18. The van der Waals surface area contributed by atoms with Crippen LogP contribution in [-0.4, -0.2) is 33.6 Å². The van der Waals surface area contributed by atoms with Crippen molar-refractivity contribution in [2.24, 2.45) is 0 Å². The Labute approximate surface area is 168 Å². The van der Waals surface area contributed by atoms with Crippen molar-refractivity contribution in [1.82, 2.24) is 4.90 Å². The lowest BCUT2D eigenvalue weighted by Gasteiger charge is -2.12. The normalized spacial score (nSPS) is 15.5. The van der Waals surface area contributed by atoms with Crippen LogP contribution in [0.5, 0.6) is 5.75 Å². The van der Waals surface area contributed by atoms with Gasteiger partial charge in [-0.05, 0) is 47.7 Å². The number of benzene rings is 2. The molecule has 6 nitrogen and oxygen atoms in total. The third-order valence-corrected chi connectivity index (χ3v) is 5.05. The zero-order valence-corrected chi connectivity index (χ0v) is 15.9. The maximum atomic E-state index is 12.5. The van der Waals surface area contributed by atoms with E-state index < -0.39 is 23.6 Å². The second-order valence-corrected chi connectivity index (χ2v) is 7.32.